The molecule has 0 saturated heterocycles. The van der Waals surface area contributed by atoms with Crippen molar-refractivity contribution in [3.63, 3.8) is 0 Å². The molecule has 0 aromatic heterocycles. The number of nitrogens with zero attached hydrogens (tertiary/aromatic N) is 1. The molecule has 0 radical (unpaired) electrons. The highest BCUT2D eigenvalue weighted by molar-refractivity contribution is 5.99. The van der Waals surface area contributed by atoms with Gasteiger partial charge >= 0.3 is 5.97 Å². The van der Waals surface area contributed by atoms with Crippen molar-refractivity contribution in [1.29, 1.82) is 0 Å². The molecule has 1 aliphatic carbocycles. The number of carbonyl (C=O) groups is 3. The minimum atomic E-state index is -0.872. The largest absolute Gasteiger partial charge is 0.427 e. The smallest absolute Gasteiger partial charge is 0.308 e. The van der Waals surface area contributed by atoms with E-state index in [0.717, 1.165) is 36.8 Å². The van der Waals surface area contributed by atoms with Crippen molar-refractivity contribution >= 4 is 17.8 Å². The molecule has 0 heterocycles. The van der Waals surface area contributed by atoms with Crippen LogP contribution in [0, 0.1) is 6.92 Å². The Balaban J connectivity index is 2.05. The van der Waals surface area contributed by atoms with Gasteiger partial charge in [-0.3, -0.25) is 19.3 Å². The van der Waals surface area contributed by atoms with Crippen molar-refractivity contribution in [2.75, 3.05) is 0 Å². The first-order chi connectivity index (χ1) is 16.8. The molecule has 6 nitrogen and oxygen atoms in total. The molecule has 1 unspecified atom stereocenters. The lowest BCUT2D eigenvalue weighted by Crippen LogP contribution is -2.46. The molecule has 184 valence electrons. The number of ether oxygens (including phenoxy) is 1. The Kier molecular flexibility index (Phi) is 9.01. The fourth-order valence-corrected chi connectivity index (χ4v) is 4.53. The molecule has 2 aromatic carbocycles. The standard InChI is InChI=1S/C29H34N2O4/c1-5-24(6-2)31(29(34)22-16-18-25(19-17-22)35-21(4)32)27(26-15-11-10-12-20(26)3)28(33)30-23-13-8-7-9-14-23/h5-6,10-12,15-19,23,27H,1,7-9,13-14H2,2-4H3,(H,30,33). The molecule has 0 bridgehead atoms. The van der Waals surface area contributed by atoms with E-state index in [1.165, 1.54) is 18.2 Å². The van der Waals surface area contributed by atoms with Gasteiger partial charge in [0, 0.05) is 24.2 Å². The molecule has 35 heavy (non-hydrogen) atoms. The van der Waals surface area contributed by atoms with Gasteiger partial charge in [-0.1, -0.05) is 56.2 Å². The summed E-state index contributed by atoms with van der Waals surface area (Å²) in [7, 11) is 0. The second-order valence-corrected chi connectivity index (χ2v) is 8.81. The van der Waals surface area contributed by atoms with Crippen LogP contribution in [0.5, 0.6) is 5.75 Å². The summed E-state index contributed by atoms with van der Waals surface area (Å²) < 4.78 is 5.10. The molecule has 1 fully saturated rings. The van der Waals surface area contributed by atoms with E-state index in [0.29, 0.717) is 17.0 Å². The Morgan fingerprint density at radius 3 is 2.29 bits per heavy atom. The predicted octanol–water partition coefficient (Wildman–Crippen LogP) is 5.64. The van der Waals surface area contributed by atoms with Crippen molar-refractivity contribution in [2.45, 2.75) is 65.0 Å². The zero-order chi connectivity index (χ0) is 25.4. The third-order valence-corrected chi connectivity index (χ3v) is 6.31. The summed E-state index contributed by atoms with van der Waals surface area (Å²) in [4.78, 5) is 40.5. The summed E-state index contributed by atoms with van der Waals surface area (Å²) in [5.74, 6) is -0.648. The van der Waals surface area contributed by atoms with Gasteiger partial charge in [0.15, 0.2) is 0 Å². The second-order valence-electron chi connectivity index (χ2n) is 8.81. The number of carbonyl (C=O) groups excluding carboxylic acids is 3. The molecule has 2 aromatic rings. The summed E-state index contributed by atoms with van der Waals surface area (Å²) in [5.41, 5.74) is 2.57. The topological polar surface area (TPSA) is 75.7 Å². The first-order valence-corrected chi connectivity index (χ1v) is 12.1. The minimum absolute atomic E-state index is 0.0977. The highest BCUT2D eigenvalue weighted by atomic mass is 16.5. The lowest BCUT2D eigenvalue weighted by atomic mass is 9.93. The van der Waals surface area contributed by atoms with E-state index in [9.17, 15) is 14.4 Å². The maximum Gasteiger partial charge on any atom is 0.308 e. The van der Waals surface area contributed by atoms with Gasteiger partial charge in [-0.15, -0.1) is 0 Å². The Bertz CT molecular complexity index is 1100. The fraction of sp³-hybridized carbons (Fsp3) is 0.345. The Morgan fingerprint density at radius 2 is 1.71 bits per heavy atom. The third kappa shape index (κ3) is 6.47. The van der Waals surface area contributed by atoms with Crippen molar-refractivity contribution in [3.8, 4) is 5.75 Å². The van der Waals surface area contributed by atoms with Crippen LogP contribution in [0.4, 0.5) is 0 Å². The number of nitrogens with one attached hydrogen (secondary N) is 1. The second kappa shape index (κ2) is 12.2. The zero-order valence-electron chi connectivity index (χ0n) is 20.8. The van der Waals surface area contributed by atoms with E-state index >= 15 is 0 Å². The van der Waals surface area contributed by atoms with E-state index in [-0.39, 0.29) is 17.9 Å². The quantitative estimate of drug-likeness (QED) is 0.305. The van der Waals surface area contributed by atoms with E-state index in [2.05, 4.69) is 11.9 Å². The van der Waals surface area contributed by atoms with Crippen molar-refractivity contribution in [1.82, 2.24) is 10.2 Å². The first kappa shape index (κ1) is 25.9. The number of allylic oxidation sites excluding steroid dienone is 2. The maximum absolute atomic E-state index is 13.9. The summed E-state index contributed by atoms with van der Waals surface area (Å²) in [6.07, 6.45) is 8.60. The van der Waals surface area contributed by atoms with Gasteiger partial charge in [0.25, 0.3) is 5.91 Å². The van der Waals surface area contributed by atoms with Crippen LogP contribution >= 0.6 is 0 Å². The highest BCUT2D eigenvalue weighted by Gasteiger charge is 2.35. The van der Waals surface area contributed by atoms with Crippen molar-refractivity contribution in [2.24, 2.45) is 0 Å². The highest BCUT2D eigenvalue weighted by Crippen LogP contribution is 2.31. The Labute approximate surface area is 207 Å². The van der Waals surface area contributed by atoms with Gasteiger partial charge in [-0.2, -0.15) is 0 Å². The van der Waals surface area contributed by atoms with Gasteiger partial charge in [-0.25, -0.2) is 0 Å². The van der Waals surface area contributed by atoms with Crippen LogP contribution in [0.2, 0.25) is 0 Å². The number of rotatable bonds is 8. The average Bonchev–Trinajstić information content (AvgIpc) is 2.85. The molecule has 1 atom stereocenters. The SMILES string of the molecule is C=CC(=CC)N(C(=O)c1ccc(OC(C)=O)cc1)C(C(=O)NC1CCCCC1)c1ccccc1C. The van der Waals surface area contributed by atoms with Gasteiger partial charge in [0.1, 0.15) is 11.8 Å². The van der Waals surface area contributed by atoms with Crippen LogP contribution in [-0.2, 0) is 9.59 Å². The number of esters is 1. The maximum atomic E-state index is 13.9. The molecule has 1 aliphatic rings. The van der Waals surface area contributed by atoms with Crippen LogP contribution in [-0.4, -0.2) is 28.7 Å². The van der Waals surface area contributed by atoms with Crippen molar-refractivity contribution < 1.29 is 19.1 Å². The molecule has 0 spiro atoms. The first-order valence-electron chi connectivity index (χ1n) is 12.1. The predicted molar refractivity (Wildman–Crippen MR) is 137 cm³/mol. The van der Waals surface area contributed by atoms with Crippen LogP contribution in [0.3, 0.4) is 0 Å². The van der Waals surface area contributed by atoms with Crippen molar-refractivity contribution in [3.05, 3.63) is 89.6 Å². The van der Waals surface area contributed by atoms with E-state index in [4.69, 9.17) is 4.74 Å². The normalized spacial score (nSPS) is 15.1. The summed E-state index contributed by atoms with van der Waals surface area (Å²) >= 11 is 0. The Morgan fingerprint density at radius 1 is 1.06 bits per heavy atom. The molecular weight excluding hydrogens is 440 g/mol. The monoisotopic (exact) mass is 474 g/mol. The molecular formula is C29H34N2O4. The van der Waals surface area contributed by atoms with E-state index < -0.39 is 12.0 Å². The molecule has 6 heteroatoms. The molecule has 2 amide bonds. The van der Waals surface area contributed by atoms with Gasteiger partial charge < -0.3 is 10.1 Å². The number of hydrogen-bond donors (Lipinski definition) is 1. The fourth-order valence-electron chi connectivity index (χ4n) is 4.53. The van der Waals surface area contributed by atoms with Gasteiger partial charge in [0.05, 0.1) is 0 Å². The number of hydrogen-bond acceptors (Lipinski definition) is 4. The minimum Gasteiger partial charge on any atom is -0.427 e. The molecule has 1 N–H and O–H groups in total. The molecule has 3 rings (SSSR count). The van der Waals surface area contributed by atoms with Crippen LogP contribution in [0.15, 0.2) is 73.0 Å². The van der Waals surface area contributed by atoms with Gasteiger partial charge in [0.2, 0.25) is 5.91 Å². The number of aryl methyl sites for hydroxylation is 1. The summed E-state index contributed by atoms with van der Waals surface area (Å²) in [6.45, 7) is 8.97. The Hall–Kier alpha value is -3.67. The van der Waals surface area contributed by atoms with Crippen LogP contribution in [0.25, 0.3) is 0 Å². The zero-order valence-corrected chi connectivity index (χ0v) is 20.8. The average molecular weight is 475 g/mol. The van der Waals surface area contributed by atoms with E-state index in [1.807, 2.05) is 38.1 Å². The third-order valence-electron chi connectivity index (χ3n) is 6.31. The van der Waals surface area contributed by atoms with E-state index in [1.54, 1.807) is 36.4 Å². The number of amides is 2. The molecule has 0 aliphatic heterocycles. The number of benzene rings is 2. The molecule has 1 saturated carbocycles. The lowest BCUT2D eigenvalue weighted by Gasteiger charge is -2.34. The summed E-state index contributed by atoms with van der Waals surface area (Å²) in [6, 6.07) is 13.2. The summed E-state index contributed by atoms with van der Waals surface area (Å²) in [5, 5.41) is 3.21. The van der Waals surface area contributed by atoms with Crippen LogP contribution in [0.1, 0.15) is 73.5 Å². The van der Waals surface area contributed by atoms with Crippen LogP contribution < -0.4 is 10.1 Å². The lowest BCUT2D eigenvalue weighted by molar-refractivity contribution is -0.132. The van der Waals surface area contributed by atoms with Gasteiger partial charge in [-0.05, 0) is 68.2 Å².